The van der Waals surface area contributed by atoms with E-state index in [9.17, 15) is 9.18 Å². The van der Waals surface area contributed by atoms with Crippen LogP contribution in [0, 0.1) is 12.7 Å². The first-order valence-corrected chi connectivity index (χ1v) is 3.94. The number of carbonyl (C=O) groups is 1. The molecule has 0 radical (unpaired) electrons. The van der Waals surface area contributed by atoms with Crippen LogP contribution in [0.5, 0.6) is 0 Å². The maximum atomic E-state index is 12.8. The zero-order valence-electron chi connectivity index (χ0n) is 7.62. The Hall–Kier alpha value is -1.91. The predicted molar refractivity (Wildman–Crippen MR) is 51.5 cm³/mol. The zero-order valence-corrected chi connectivity index (χ0v) is 7.62. The molecule has 0 saturated carbocycles. The Morgan fingerprint density at radius 1 is 1.64 bits per heavy atom. The lowest BCUT2D eigenvalue weighted by atomic mass is 10.1. The first-order valence-electron chi connectivity index (χ1n) is 3.94. The van der Waals surface area contributed by atoms with Crippen LogP contribution >= 0.6 is 0 Å². The number of hydrogen-bond donors (Lipinski definition) is 2. The van der Waals surface area contributed by atoms with E-state index in [0.29, 0.717) is 11.1 Å². The van der Waals surface area contributed by atoms with Gasteiger partial charge in [0, 0.05) is 0 Å². The molecule has 74 valence electrons. The Bertz CT molecular complexity index is 376. The Labute approximate surface area is 80.6 Å². The summed E-state index contributed by atoms with van der Waals surface area (Å²) >= 11 is 0. The van der Waals surface area contributed by atoms with Gasteiger partial charge < -0.3 is 5.73 Å². The van der Waals surface area contributed by atoms with Crippen molar-refractivity contribution in [2.75, 3.05) is 0 Å². The van der Waals surface area contributed by atoms with Crippen LogP contribution in [0.25, 0.3) is 0 Å². The zero-order chi connectivity index (χ0) is 10.6. The van der Waals surface area contributed by atoms with Crippen molar-refractivity contribution < 1.29 is 9.18 Å². The van der Waals surface area contributed by atoms with Crippen LogP contribution in [0.4, 0.5) is 9.18 Å². The lowest BCUT2D eigenvalue weighted by Gasteiger charge is -1.97. The molecule has 4 nitrogen and oxygen atoms in total. The number of rotatable bonds is 2. The number of nitrogens with one attached hydrogen (secondary N) is 1. The van der Waals surface area contributed by atoms with Gasteiger partial charge in [-0.15, -0.1) is 0 Å². The van der Waals surface area contributed by atoms with Crippen LogP contribution < -0.4 is 11.2 Å². The Balaban J connectivity index is 2.73. The molecule has 2 amide bonds. The molecule has 0 heterocycles. The van der Waals surface area contributed by atoms with Crippen molar-refractivity contribution in [3.8, 4) is 0 Å². The number of primary amides is 1. The number of hydrazone groups is 1. The predicted octanol–water partition coefficient (Wildman–Crippen LogP) is 1.14. The molecule has 0 bridgehead atoms. The summed E-state index contributed by atoms with van der Waals surface area (Å²) in [4.78, 5) is 10.2. The number of hydrogen-bond acceptors (Lipinski definition) is 2. The summed E-state index contributed by atoms with van der Waals surface area (Å²) in [5.41, 5.74) is 8.04. The summed E-state index contributed by atoms with van der Waals surface area (Å²) < 4.78 is 12.8. The molecule has 3 N–H and O–H groups in total. The number of halogens is 1. The average molecular weight is 195 g/mol. The van der Waals surface area contributed by atoms with Crippen molar-refractivity contribution in [2.24, 2.45) is 10.8 Å². The van der Waals surface area contributed by atoms with Gasteiger partial charge in [-0.1, -0.05) is 6.07 Å². The first kappa shape index (κ1) is 10.2. The van der Waals surface area contributed by atoms with Gasteiger partial charge in [0.1, 0.15) is 5.82 Å². The molecular formula is C9H10FN3O. The fourth-order valence-corrected chi connectivity index (χ4v) is 0.919. The summed E-state index contributed by atoms with van der Waals surface area (Å²) in [6.45, 7) is 1.65. The summed E-state index contributed by atoms with van der Waals surface area (Å²) in [7, 11) is 0. The fourth-order valence-electron chi connectivity index (χ4n) is 0.919. The Morgan fingerprint density at radius 3 is 2.93 bits per heavy atom. The van der Waals surface area contributed by atoms with Crippen molar-refractivity contribution >= 4 is 12.2 Å². The van der Waals surface area contributed by atoms with Crippen LogP contribution in [-0.2, 0) is 0 Å². The second-order valence-electron chi connectivity index (χ2n) is 2.74. The number of aryl methyl sites for hydroxylation is 1. The van der Waals surface area contributed by atoms with E-state index in [1.165, 1.54) is 12.3 Å². The molecule has 0 saturated heterocycles. The smallest absolute Gasteiger partial charge is 0.332 e. The minimum Gasteiger partial charge on any atom is -0.350 e. The van der Waals surface area contributed by atoms with Gasteiger partial charge in [0.05, 0.1) is 6.21 Å². The normalized spacial score (nSPS) is 10.4. The van der Waals surface area contributed by atoms with Crippen LogP contribution in [-0.4, -0.2) is 12.2 Å². The van der Waals surface area contributed by atoms with Gasteiger partial charge in [-0.05, 0) is 30.2 Å². The van der Waals surface area contributed by atoms with Crippen molar-refractivity contribution in [3.63, 3.8) is 0 Å². The van der Waals surface area contributed by atoms with E-state index in [2.05, 4.69) is 5.10 Å². The maximum Gasteiger partial charge on any atom is 0.332 e. The van der Waals surface area contributed by atoms with Crippen LogP contribution in [0.15, 0.2) is 23.3 Å². The van der Waals surface area contributed by atoms with Gasteiger partial charge in [0.2, 0.25) is 0 Å². The molecule has 1 aromatic rings. The standard InChI is InChI=1S/C9H10FN3O/c1-6-4-7(2-3-8(6)10)5-12-13-9(11)14/h2-5H,1H3,(H3,11,13,14). The summed E-state index contributed by atoms with van der Waals surface area (Å²) in [5, 5.41) is 3.54. The van der Waals surface area contributed by atoms with E-state index in [1.54, 1.807) is 19.1 Å². The van der Waals surface area contributed by atoms with Crippen LogP contribution in [0.3, 0.4) is 0 Å². The highest BCUT2D eigenvalue weighted by Gasteiger charge is 1.96. The van der Waals surface area contributed by atoms with Crippen molar-refractivity contribution in [2.45, 2.75) is 6.92 Å². The van der Waals surface area contributed by atoms with E-state index in [1.807, 2.05) is 5.43 Å². The fraction of sp³-hybridized carbons (Fsp3) is 0.111. The minimum atomic E-state index is -0.736. The van der Waals surface area contributed by atoms with E-state index < -0.39 is 6.03 Å². The Kier molecular flexibility index (Phi) is 3.17. The molecule has 0 aliphatic rings. The molecule has 0 spiro atoms. The molecule has 0 aliphatic heterocycles. The van der Waals surface area contributed by atoms with Gasteiger partial charge >= 0.3 is 6.03 Å². The molecule has 1 rings (SSSR count). The van der Waals surface area contributed by atoms with Gasteiger partial charge in [0.15, 0.2) is 0 Å². The van der Waals surface area contributed by atoms with Crippen LogP contribution in [0.1, 0.15) is 11.1 Å². The van der Waals surface area contributed by atoms with Crippen molar-refractivity contribution in [1.82, 2.24) is 5.43 Å². The second kappa shape index (κ2) is 4.36. The van der Waals surface area contributed by atoms with Gasteiger partial charge in [0.25, 0.3) is 0 Å². The van der Waals surface area contributed by atoms with Gasteiger partial charge in [-0.25, -0.2) is 14.6 Å². The third-order valence-corrected chi connectivity index (χ3v) is 1.57. The molecule has 0 atom stereocenters. The number of nitrogens with two attached hydrogens (primary N) is 1. The highest BCUT2D eigenvalue weighted by Crippen LogP contribution is 2.07. The third kappa shape index (κ3) is 2.85. The number of nitrogens with zero attached hydrogens (tertiary/aromatic N) is 1. The third-order valence-electron chi connectivity index (χ3n) is 1.57. The molecule has 1 aromatic carbocycles. The largest absolute Gasteiger partial charge is 0.350 e. The number of benzene rings is 1. The number of carbonyl (C=O) groups excluding carboxylic acids is 1. The molecule has 0 aromatic heterocycles. The summed E-state index contributed by atoms with van der Waals surface area (Å²) in [5.74, 6) is -0.273. The molecule has 14 heavy (non-hydrogen) atoms. The number of urea groups is 1. The lowest BCUT2D eigenvalue weighted by molar-refractivity contribution is 0.249. The van der Waals surface area contributed by atoms with Gasteiger partial charge in [-0.3, -0.25) is 0 Å². The maximum absolute atomic E-state index is 12.8. The molecule has 0 aliphatic carbocycles. The van der Waals surface area contributed by atoms with E-state index in [0.717, 1.165) is 0 Å². The number of amides is 2. The monoisotopic (exact) mass is 195 g/mol. The van der Waals surface area contributed by atoms with Crippen LogP contribution in [0.2, 0.25) is 0 Å². The molecule has 0 fully saturated rings. The Morgan fingerprint density at radius 2 is 2.36 bits per heavy atom. The first-order chi connectivity index (χ1) is 6.59. The quantitative estimate of drug-likeness (QED) is 0.539. The second-order valence-corrected chi connectivity index (χ2v) is 2.74. The van der Waals surface area contributed by atoms with Crippen molar-refractivity contribution in [1.29, 1.82) is 0 Å². The van der Waals surface area contributed by atoms with Crippen molar-refractivity contribution in [3.05, 3.63) is 35.1 Å². The summed E-state index contributed by atoms with van der Waals surface area (Å²) in [6.07, 6.45) is 1.39. The lowest BCUT2D eigenvalue weighted by Crippen LogP contribution is -2.24. The topological polar surface area (TPSA) is 67.5 Å². The SMILES string of the molecule is Cc1cc(C=NNC(N)=O)ccc1F. The highest BCUT2D eigenvalue weighted by atomic mass is 19.1. The molecule has 0 unspecified atom stereocenters. The molecular weight excluding hydrogens is 185 g/mol. The average Bonchev–Trinajstić information content (AvgIpc) is 2.10. The highest BCUT2D eigenvalue weighted by molar-refractivity contribution is 5.81. The van der Waals surface area contributed by atoms with E-state index in [4.69, 9.17) is 5.73 Å². The summed E-state index contributed by atoms with van der Waals surface area (Å²) in [6, 6.07) is 3.76. The molecule has 5 heteroatoms. The minimum absolute atomic E-state index is 0.273. The van der Waals surface area contributed by atoms with E-state index >= 15 is 0 Å². The van der Waals surface area contributed by atoms with E-state index in [-0.39, 0.29) is 5.82 Å². The van der Waals surface area contributed by atoms with Gasteiger partial charge in [-0.2, -0.15) is 5.10 Å².